The summed E-state index contributed by atoms with van der Waals surface area (Å²) in [4.78, 5) is 2.61. The predicted molar refractivity (Wildman–Crippen MR) is 91.4 cm³/mol. The zero-order chi connectivity index (χ0) is 15.3. The highest BCUT2D eigenvalue weighted by molar-refractivity contribution is 5.38. The van der Waals surface area contributed by atoms with Crippen LogP contribution in [0.1, 0.15) is 50.7 Å². The molecule has 0 bridgehead atoms. The van der Waals surface area contributed by atoms with Gasteiger partial charge in [0, 0.05) is 6.04 Å². The molecule has 116 valence electrons. The number of fused-ring (bicyclic) bond motifs is 1. The number of hydrogen-bond acceptors (Lipinski definition) is 2. The summed E-state index contributed by atoms with van der Waals surface area (Å²) in [6, 6.07) is 9.13. The maximum Gasteiger partial charge on any atom is 0.0604 e. The van der Waals surface area contributed by atoms with Gasteiger partial charge in [0.15, 0.2) is 0 Å². The van der Waals surface area contributed by atoms with Gasteiger partial charge in [-0.15, -0.1) is 6.58 Å². The molecule has 0 saturated carbocycles. The van der Waals surface area contributed by atoms with Gasteiger partial charge in [0.2, 0.25) is 0 Å². The van der Waals surface area contributed by atoms with Gasteiger partial charge in [-0.05, 0) is 56.3 Å². The van der Waals surface area contributed by atoms with E-state index in [1.54, 1.807) is 0 Å². The number of nitrogens with two attached hydrogens (primary N) is 1. The molecule has 0 fully saturated rings. The smallest absolute Gasteiger partial charge is 0.0604 e. The molecule has 0 amide bonds. The molecule has 1 aromatic carbocycles. The Bertz CT molecular complexity index is 462. The number of hydrogen-bond donors (Lipinski definition) is 1. The first kappa shape index (κ1) is 16.3. The first-order valence-electron chi connectivity index (χ1n) is 8.39. The van der Waals surface area contributed by atoms with E-state index >= 15 is 0 Å². The minimum atomic E-state index is -0.291. The Morgan fingerprint density at radius 2 is 1.95 bits per heavy atom. The highest BCUT2D eigenvalue weighted by Gasteiger charge is 2.42. The van der Waals surface area contributed by atoms with E-state index in [0.717, 1.165) is 32.4 Å². The lowest BCUT2D eigenvalue weighted by atomic mass is 9.71. The van der Waals surface area contributed by atoms with Crippen LogP contribution in [0.4, 0.5) is 0 Å². The van der Waals surface area contributed by atoms with Gasteiger partial charge in [0.25, 0.3) is 0 Å². The Labute approximate surface area is 130 Å². The molecular weight excluding hydrogens is 256 g/mol. The maximum atomic E-state index is 6.97. The Morgan fingerprint density at radius 3 is 2.57 bits per heavy atom. The van der Waals surface area contributed by atoms with Crippen LogP contribution in [-0.4, -0.2) is 24.0 Å². The summed E-state index contributed by atoms with van der Waals surface area (Å²) in [7, 11) is 0. The topological polar surface area (TPSA) is 29.3 Å². The zero-order valence-electron chi connectivity index (χ0n) is 13.6. The molecule has 0 aromatic heterocycles. The lowest BCUT2D eigenvalue weighted by Crippen LogP contribution is -2.58. The van der Waals surface area contributed by atoms with Crippen LogP contribution in [0.2, 0.25) is 0 Å². The van der Waals surface area contributed by atoms with Crippen molar-refractivity contribution >= 4 is 0 Å². The van der Waals surface area contributed by atoms with E-state index in [4.69, 9.17) is 5.73 Å². The van der Waals surface area contributed by atoms with Gasteiger partial charge in [0.1, 0.15) is 0 Å². The van der Waals surface area contributed by atoms with Crippen LogP contribution < -0.4 is 5.73 Å². The molecule has 2 rings (SSSR count). The van der Waals surface area contributed by atoms with Crippen molar-refractivity contribution in [1.82, 2.24) is 4.90 Å². The van der Waals surface area contributed by atoms with E-state index in [0.29, 0.717) is 6.04 Å². The van der Waals surface area contributed by atoms with Gasteiger partial charge >= 0.3 is 0 Å². The molecule has 0 aliphatic heterocycles. The maximum absolute atomic E-state index is 6.97. The summed E-state index contributed by atoms with van der Waals surface area (Å²) in [6.45, 7) is 10.7. The van der Waals surface area contributed by atoms with Crippen molar-refractivity contribution in [3.63, 3.8) is 0 Å². The summed E-state index contributed by atoms with van der Waals surface area (Å²) < 4.78 is 0. The quantitative estimate of drug-likeness (QED) is 0.771. The highest BCUT2D eigenvalue weighted by Crippen LogP contribution is 2.39. The van der Waals surface area contributed by atoms with E-state index < -0.39 is 0 Å². The van der Waals surface area contributed by atoms with Crippen molar-refractivity contribution in [2.24, 2.45) is 5.73 Å². The van der Waals surface area contributed by atoms with E-state index in [1.807, 2.05) is 6.08 Å². The molecule has 2 heteroatoms. The van der Waals surface area contributed by atoms with E-state index in [2.05, 4.69) is 49.6 Å². The van der Waals surface area contributed by atoms with Crippen molar-refractivity contribution in [2.45, 2.75) is 57.5 Å². The van der Waals surface area contributed by atoms with Gasteiger partial charge in [-0.25, -0.2) is 0 Å². The van der Waals surface area contributed by atoms with Crippen LogP contribution in [-0.2, 0) is 12.0 Å². The largest absolute Gasteiger partial charge is 0.320 e. The first-order valence-corrected chi connectivity index (χ1v) is 8.39. The lowest BCUT2D eigenvalue weighted by Gasteiger charge is -2.48. The summed E-state index contributed by atoms with van der Waals surface area (Å²) >= 11 is 0. The molecule has 1 aliphatic carbocycles. The second kappa shape index (κ2) is 7.24. The van der Waals surface area contributed by atoms with Gasteiger partial charge in [-0.2, -0.15) is 0 Å². The molecule has 1 aromatic rings. The summed E-state index contributed by atoms with van der Waals surface area (Å²) in [6.07, 6.45) is 7.50. The Morgan fingerprint density at radius 1 is 1.29 bits per heavy atom. The van der Waals surface area contributed by atoms with Crippen molar-refractivity contribution in [3.05, 3.63) is 48.0 Å². The normalized spacial score (nSPS) is 24.9. The molecule has 2 nitrogen and oxygen atoms in total. The molecule has 0 spiro atoms. The molecule has 21 heavy (non-hydrogen) atoms. The van der Waals surface area contributed by atoms with Crippen LogP contribution in [0.5, 0.6) is 0 Å². The highest BCUT2D eigenvalue weighted by atomic mass is 15.2. The number of nitrogens with zero attached hydrogens (tertiary/aromatic N) is 1. The molecule has 0 radical (unpaired) electrons. The molecule has 2 atom stereocenters. The second-order valence-corrected chi connectivity index (χ2v) is 6.28. The van der Waals surface area contributed by atoms with E-state index in [9.17, 15) is 0 Å². The van der Waals surface area contributed by atoms with Crippen molar-refractivity contribution < 1.29 is 0 Å². The average molecular weight is 286 g/mol. The number of aryl methyl sites for hydroxylation is 1. The van der Waals surface area contributed by atoms with E-state index in [-0.39, 0.29) is 5.54 Å². The van der Waals surface area contributed by atoms with Crippen LogP contribution in [0, 0.1) is 0 Å². The third-order valence-electron chi connectivity index (χ3n) is 4.75. The molecule has 2 unspecified atom stereocenters. The third kappa shape index (κ3) is 3.22. The zero-order valence-corrected chi connectivity index (χ0v) is 13.6. The summed E-state index contributed by atoms with van der Waals surface area (Å²) in [5.41, 5.74) is 9.44. The summed E-state index contributed by atoms with van der Waals surface area (Å²) in [5, 5.41) is 0. The predicted octanol–water partition coefficient (Wildman–Crippen LogP) is 3.85. The minimum Gasteiger partial charge on any atom is -0.320 e. The molecule has 0 saturated heterocycles. The summed E-state index contributed by atoms with van der Waals surface area (Å²) in [5.74, 6) is 0. The Kier molecular flexibility index (Phi) is 5.60. The van der Waals surface area contributed by atoms with Gasteiger partial charge in [-0.1, -0.05) is 44.2 Å². The second-order valence-electron chi connectivity index (χ2n) is 6.28. The molecular formula is C19H30N2. The average Bonchev–Trinajstić information content (AvgIpc) is 2.48. The Balaban J connectivity index is 2.39. The van der Waals surface area contributed by atoms with E-state index in [1.165, 1.54) is 24.0 Å². The lowest BCUT2D eigenvalue weighted by molar-refractivity contribution is 0.101. The fourth-order valence-electron chi connectivity index (χ4n) is 3.91. The van der Waals surface area contributed by atoms with Gasteiger partial charge in [0.05, 0.1) is 5.54 Å². The Hall–Kier alpha value is -1.12. The van der Waals surface area contributed by atoms with Crippen LogP contribution in [0.15, 0.2) is 36.9 Å². The van der Waals surface area contributed by atoms with Crippen molar-refractivity contribution in [1.29, 1.82) is 0 Å². The van der Waals surface area contributed by atoms with Crippen LogP contribution >= 0.6 is 0 Å². The fraction of sp³-hybridized carbons (Fsp3) is 0.579. The standard InChI is InChI=1S/C19H30N2/c1-4-13-19(20)17-10-8-7-9-16(17)11-12-18(19)21(14-5-2)15-6-3/h4,7-10,18H,1,5-6,11-15,20H2,2-3H3. The van der Waals surface area contributed by atoms with Crippen LogP contribution in [0.25, 0.3) is 0 Å². The number of rotatable bonds is 7. The van der Waals surface area contributed by atoms with Gasteiger partial charge < -0.3 is 5.73 Å². The minimum absolute atomic E-state index is 0.291. The first-order chi connectivity index (χ1) is 10.2. The van der Waals surface area contributed by atoms with Gasteiger partial charge in [-0.3, -0.25) is 4.90 Å². The fourth-order valence-corrected chi connectivity index (χ4v) is 3.91. The van der Waals surface area contributed by atoms with Crippen molar-refractivity contribution in [3.8, 4) is 0 Å². The monoisotopic (exact) mass is 286 g/mol. The molecule has 1 aliphatic rings. The number of benzene rings is 1. The van der Waals surface area contributed by atoms with Crippen LogP contribution in [0.3, 0.4) is 0 Å². The van der Waals surface area contributed by atoms with Crippen molar-refractivity contribution in [2.75, 3.05) is 13.1 Å². The molecule has 2 N–H and O–H groups in total. The SMILES string of the molecule is C=CCC1(N)c2ccccc2CCC1N(CCC)CCC. The third-order valence-corrected chi connectivity index (χ3v) is 4.75. The molecule has 0 heterocycles.